The predicted octanol–water partition coefficient (Wildman–Crippen LogP) is 2.38. The molecule has 1 heterocycles. The number of nitrogen functional groups attached to an aromatic ring is 1. The normalized spacial score (nSPS) is 28.3. The molecule has 3 heteroatoms. The van der Waals surface area contributed by atoms with Gasteiger partial charge in [0, 0.05) is 0 Å². The topological polar surface area (TPSA) is 47.3 Å². The predicted molar refractivity (Wildman–Crippen MR) is 61.1 cm³/mol. The lowest BCUT2D eigenvalue weighted by atomic mass is 9.91. The van der Waals surface area contributed by atoms with Gasteiger partial charge in [-0.3, -0.25) is 0 Å². The Morgan fingerprint density at radius 1 is 1.27 bits per heavy atom. The van der Waals surface area contributed by atoms with Gasteiger partial charge in [-0.25, -0.2) is 0 Å². The van der Waals surface area contributed by atoms with Gasteiger partial charge in [0.25, 0.3) is 0 Å². The van der Waals surface area contributed by atoms with Gasteiger partial charge in [-0.1, -0.05) is 12.5 Å². The third kappa shape index (κ3) is 1.42. The lowest BCUT2D eigenvalue weighted by Gasteiger charge is -2.38. The number of hydrogen-bond donors (Lipinski definition) is 2. The molecule has 0 saturated heterocycles. The lowest BCUT2D eigenvalue weighted by Crippen LogP contribution is -2.43. The number of rotatable bonds is 0. The Bertz CT molecular complexity index is 378. The molecule has 3 rings (SSSR count). The highest BCUT2D eigenvalue weighted by atomic mass is 16.5. The molecule has 0 bridgehead atoms. The standard InChI is InChI=1S/C12H16N2O/c13-8-4-3-6-10-12(8)15-11-7-2-1-5-9(11)14-10/h3-4,6,9,11,14H,1-2,5,7,13H2. The molecule has 1 fully saturated rings. The largest absolute Gasteiger partial charge is 0.484 e. The summed E-state index contributed by atoms with van der Waals surface area (Å²) >= 11 is 0. The Hall–Kier alpha value is -1.38. The van der Waals surface area contributed by atoms with E-state index < -0.39 is 0 Å². The first-order chi connectivity index (χ1) is 7.34. The van der Waals surface area contributed by atoms with E-state index in [9.17, 15) is 0 Å². The van der Waals surface area contributed by atoms with Gasteiger partial charge in [0.2, 0.25) is 0 Å². The monoisotopic (exact) mass is 204 g/mol. The molecule has 0 spiro atoms. The van der Waals surface area contributed by atoms with Crippen LogP contribution in [0.5, 0.6) is 5.75 Å². The van der Waals surface area contributed by atoms with E-state index in [-0.39, 0.29) is 0 Å². The van der Waals surface area contributed by atoms with Crippen LogP contribution in [0.4, 0.5) is 11.4 Å². The summed E-state index contributed by atoms with van der Waals surface area (Å²) < 4.78 is 5.98. The van der Waals surface area contributed by atoms with Crippen LogP contribution in [0.3, 0.4) is 0 Å². The summed E-state index contributed by atoms with van der Waals surface area (Å²) in [6, 6.07) is 6.38. The molecule has 2 unspecified atom stereocenters. The van der Waals surface area contributed by atoms with Crippen LogP contribution in [0.2, 0.25) is 0 Å². The van der Waals surface area contributed by atoms with Crippen LogP contribution in [-0.2, 0) is 0 Å². The van der Waals surface area contributed by atoms with E-state index in [1.807, 2.05) is 18.2 Å². The van der Waals surface area contributed by atoms with E-state index >= 15 is 0 Å². The van der Waals surface area contributed by atoms with E-state index in [2.05, 4.69) is 5.32 Å². The van der Waals surface area contributed by atoms with Crippen LogP contribution in [0.25, 0.3) is 0 Å². The van der Waals surface area contributed by atoms with Gasteiger partial charge in [-0.15, -0.1) is 0 Å². The van der Waals surface area contributed by atoms with Crippen LogP contribution < -0.4 is 15.8 Å². The highest BCUT2D eigenvalue weighted by molar-refractivity contribution is 5.70. The second kappa shape index (κ2) is 3.33. The van der Waals surface area contributed by atoms with Crippen LogP contribution >= 0.6 is 0 Å². The third-order valence-corrected chi connectivity index (χ3v) is 3.36. The van der Waals surface area contributed by atoms with Crippen LogP contribution in [0, 0.1) is 0 Å². The van der Waals surface area contributed by atoms with Gasteiger partial charge in [-0.2, -0.15) is 0 Å². The van der Waals surface area contributed by atoms with E-state index in [0.717, 1.165) is 23.5 Å². The molecule has 2 atom stereocenters. The van der Waals surface area contributed by atoms with E-state index in [0.29, 0.717) is 12.1 Å². The summed E-state index contributed by atoms with van der Waals surface area (Å²) in [4.78, 5) is 0. The highest BCUT2D eigenvalue weighted by Gasteiger charge is 2.32. The number of para-hydroxylation sites is 1. The minimum atomic E-state index is 0.316. The molecule has 80 valence electrons. The van der Waals surface area contributed by atoms with Gasteiger partial charge in [-0.05, 0) is 31.4 Å². The molecular weight excluding hydrogens is 188 g/mol. The van der Waals surface area contributed by atoms with Crippen LogP contribution in [0.1, 0.15) is 25.7 Å². The number of fused-ring (bicyclic) bond motifs is 2. The zero-order valence-electron chi connectivity index (χ0n) is 8.70. The number of anilines is 2. The summed E-state index contributed by atoms with van der Waals surface area (Å²) in [5.41, 5.74) is 7.69. The fraction of sp³-hybridized carbons (Fsp3) is 0.500. The van der Waals surface area contributed by atoms with Crippen molar-refractivity contribution in [3.63, 3.8) is 0 Å². The fourth-order valence-electron chi connectivity index (χ4n) is 2.55. The van der Waals surface area contributed by atoms with Crippen LogP contribution in [0.15, 0.2) is 18.2 Å². The van der Waals surface area contributed by atoms with Crippen molar-refractivity contribution >= 4 is 11.4 Å². The highest BCUT2D eigenvalue weighted by Crippen LogP contribution is 2.39. The minimum absolute atomic E-state index is 0.316. The number of nitrogens with one attached hydrogen (secondary N) is 1. The fourth-order valence-corrected chi connectivity index (χ4v) is 2.55. The second-order valence-electron chi connectivity index (χ2n) is 4.42. The van der Waals surface area contributed by atoms with Crippen molar-refractivity contribution < 1.29 is 4.74 Å². The minimum Gasteiger partial charge on any atom is -0.484 e. The van der Waals surface area contributed by atoms with Crippen molar-refractivity contribution in [1.82, 2.24) is 0 Å². The molecule has 0 aromatic heterocycles. The second-order valence-corrected chi connectivity index (χ2v) is 4.42. The summed E-state index contributed by atoms with van der Waals surface area (Å²) in [5.74, 6) is 0.848. The molecule has 15 heavy (non-hydrogen) atoms. The Balaban J connectivity index is 1.95. The average Bonchev–Trinajstić information content (AvgIpc) is 2.27. The van der Waals surface area contributed by atoms with Gasteiger partial charge in [0.15, 0.2) is 5.75 Å². The van der Waals surface area contributed by atoms with Crippen LogP contribution in [-0.4, -0.2) is 12.1 Å². The van der Waals surface area contributed by atoms with Gasteiger partial charge >= 0.3 is 0 Å². The van der Waals surface area contributed by atoms with E-state index in [1.165, 1.54) is 19.3 Å². The van der Waals surface area contributed by atoms with Crippen molar-refractivity contribution in [2.24, 2.45) is 0 Å². The molecule has 1 aliphatic carbocycles. The molecule has 1 aliphatic heterocycles. The molecule has 2 aliphatic rings. The van der Waals surface area contributed by atoms with Gasteiger partial charge in [0.1, 0.15) is 6.10 Å². The van der Waals surface area contributed by atoms with Crippen molar-refractivity contribution in [1.29, 1.82) is 0 Å². The molecular formula is C12H16N2O. The third-order valence-electron chi connectivity index (χ3n) is 3.36. The van der Waals surface area contributed by atoms with Gasteiger partial charge in [0.05, 0.1) is 17.4 Å². The first kappa shape index (κ1) is 8.89. The average molecular weight is 204 g/mol. The maximum absolute atomic E-state index is 5.98. The zero-order chi connectivity index (χ0) is 10.3. The van der Waals surface area contributed by atoms with Gasteiger partial charge < -0.3 is 15.8 Å². The maximum Gasteiger partial charge on any atom is 0.165 e. The lowest BCUT2D eigenvalue weighted by molar-refractivity contribution is 0.132. The molecule has 0 amide bonds. The van der Waals surface area contributed by atoms with Crippen molar-refractivity contribution in [2.45, 2.75) is 37.8 Å². The quantitative estimate of drug-likeness (QED) is 0.638. The van der Waals surface area contributed by atoms with Crippen molar-refractivity contribution in [3.8, 4) is 5.75 Å². The Morgan fingerprint density at radius 3 is 3.07 bits per heavy atom. The molecule has 1 aromatic carbocycles. The molecule has 0 radical (unpaired) electrons. The zero-order valence-corrected chi connectivity index (χ0v) is 8.70. The number of nitrogens with two attached hydrogens (primary N) is 1. The Labute approximate surface area is 89.6 Å². The van der Waals surface area contributed by atoms with E-state index in [1.54, 1.807) is 0 Å². The summed E-state index contributed by atoms with van der Waals surface area (Å²) in [6.07, 6.45) is 5.24. The Morgan fingerprint density at radius 2 is 2.13 bits per heavy atom. The maximum atomic E-state index is 5.98. The molecule has 3 N–H and O–H groups in total. The van der Waals surface area contributed by atoms with E-state index in [4.69, 9.17) is 10.5 Å². The smallest absolute Gasteiger partial charge is 0.165 e. The Kier molecular flexibility index (Phi) is 1.97. The van der Waals surface area contributed by atoms with Crippen molar-refractivity contribution in [2.75, 3.05) is 11.1 Å². The number of ether oxygens (including phenoxy) is 1. The SMILES string of the molecule is Nc1cccc2c1OC1CCCCC1N2. The number of benzene rings is 1. The molecule has 1 saturated carbocycles. The first-order valence-electron chi connectivity index (χ1n) is 5.66. The summed E-state index contributed by atoms with van der Waals surface area (Å²) in [5, 5.41) is 3.53. The first-order valence-corrected chi connectivity index (χ1v) is 5.66. The summed E-state index contributed by atoms with van der Waals surface area (Å²) in [7, 11) is 0. The molecule has 3 nitrogen and oxygen atoms in total. The number of hydrogen-bond acceptors (Lipinski definition) is 3. The molecule has 1 aromatic rings. The van der Waals surface area contributed by atoms with Crippen molar-refractivity contribution in [3.05, 3.63) is 18.2 Å². The summed E-state index contributed by atoms with van der Waals surface area (Å²) in [6.45, 7) is 0.